The number of nitrogens with zero attached hydrogens (tertiary/aromatic N) is 1. The monoisotopic (exact) mass is 362 g/mol. The van der Waals surface area contributed by atoms with Crippen LogP contribution in [0.3, 0.4) is 0 Å². The van der Waals surface area contributed by atoms with E-state index in [9.17, 15) is 4.79 Å². The summed E-state index contributed by atoms with van der Waals surface area (Å²) >= 11 is 1.81. The fraction of sp³-hybridized carbons (Fsp3) is 0.316. The van der Waals surface area contributed by atoms with E-state index >= 15 is 0 Å². The third-order valence-electron chi connectivity index (χ3n) is 4.11. The van der Waals surface area contributed by atoms with Crippen molar-refractivity contribution < 1.29 is 4.79 Å². The van der Waals surface area contributed by atoms with Crippen LogP contribution in [-0.2, 0) is 5.75 Å². The predicted molar refractivity (Wildman–Crippen MR) is 103 cm³/mol. The zero-order valence-electron chi connectivity index (χ0n) is 13.8. The molecular weight excluding hydrogens is 340 g/mol. The fourth-order valence-corrected chi connectivity index (χ4v) is 3.61. The first kappa shape index (κ1) is 18.8. The van der Waals surface area contributed by atoms with E-state index in [0.717, 1.165) is 31.0 Å². The number of nitrogens with one attached hydrogen (secondary N) is 1. The Morgan fingerprint density at radius 1 is 1.17 bits per heavy atom. The highest BCUT2D eigenvalue weighted by molar-refractivity contribution is 7.98. The molecule has 5 heteroatoms. The Kier molecular flexibility index (Phi) is 7.16. The molecule has 1 aliphatic heterocycles. The normalized spacial score (nSPS) is 17.2. The summed E-state index contributed by atoms with van der Waals surface area (Å²) in [6.07, 6.45) is 0. The van der Waals surface area contributed by atoms with Crippen LogP contribution in [0.4, 0.5) is 0 Å². The topological polar surface area (TPSA) is 32.3 Å². The lowest BCUT2D eigenvalue weighted by Gasteiger charge is -2.34. The van der Waals surface area contributed by atoms with Crippen LogP contribution >= 0.6 is 24.2 Å². The molecule has 2 aromatic carbocycles. The Morgan fingerprint density at radius 3 is 2.54 bits per heavy atom. The lowest BCUT2D eigenvalue weighted by atomic mass is 10.1. The van der Waals surface area contributed by atoms with E-state index in [-0.39, 0.29) is 24.4 Å². The van der Waals surface area contributed by atoms with Crippen molar-refractivity contribution in [3.05, 3.63) is 65.7 Å². The Bertz CT molecular complexity index is 648. The molecule has 0 spiro atoms. The number of hydrogen-bond donors (Lipinski definition) is 1. The summed E-state index contributed by atoms with van der Waals surface area (Å²) in [4.78, 5) is 15.8. The summed E-state index contributed by atoms with van der Waals surface area (Å²) in [6, 6.07) is 18.7. The first-order chi connectivity index (χ1) is 11.2. The van der Waals surface area contributed by atoms with Gasteiger partial charge in [0.25, 0.3) is 5.91 Å². The highest BCUT2D eigenvalue weighted by Gasteiger charge is 2.23. The molecule has 1 aliphatic rings. The molecule has 2 aromatic rings. The third-order valence-corrected chi connectivity index (χ3v) is 5.19. The van der Waals surface area contributed by atoms with Gasteiger partial charge in [0.05, 0.1) is 0 Å². The second-order valence-corrected chi connectivity index (χ2v) is 6.90. The number of benzene rings is 2. The zero-order valence-corrected chi connectivity index (χ0v) is 15.4. The summed E-state index contributed by atoms with van der Waals surface area (Å²) in [5.74, 6) is 1.06. The van der Waals surface area contributed by atoms with E-state index in [1.165, 1.54) is 10.5 Å². The zero-order chi connectivity index (χ0) is 16.1. The summed E-state index contributed by atoms with van der Waals surface area (Å²) in [5, 5.41) is 3.32. The van der Waals surface area contributed by atoms with Crippen molar-refractivity contribution in [2.75, 3.05) is 19.6 Å². The van der Waals surface area contributed by atoms with Gasteiger partial charge in [-0.05, 0) is 36.8 Å². The minimum absolute atomic E-state index is 0. The van der Waals surface area contributed by atoms with Gasteiger partial charge >= 0.3 is 0 Å². The van der Waals surface area contributed by atoms with Crippen molar-refractivity contribution in [2.24, 2.45) is 0 Å². The molecule has 0 radical (unpaired) electrons. The van der Waals surface area contributed by atoms with Gasteiger partial charge in [0.2, 0.25) is 0 Å². The van der Waals surface area contributed by atoms with E-state index in [0.29, 0.717) is 0 Å². The number of amides is 1. The largest absolute Gasteiger partial charge is 0.333 e. The van der Waals surface area contributed by atoms with Crippen LogP contribution in [-0.4, -0.2) is 36.5 Å². The van der Waals surface area contributed by atoms with Gasteiger partial charge in [-0.2, -0.15) is 0 Å². The maximum absolute atomic E-state index is 12.6. The lowest BCUT2D eigenvalue weighted by Crippen LogP contribution is -2.52. The minimum Gasteiger partial charge on any atom is -0.333 e. The first-order valence-electron chi connectivity index (χ1n) is 8.02. The van der Waals surface area contributed by atoms with Crippen molar-refractivity contribution in [3.63, 3.8) is 0 Å². The molecule has 3 rings (SSSR count). The number of rotatable bonds is 4. The molecule has 1 saturated heterocycles. The maximum atomic E-state index is 12.6. The molecule has 0 unspecified atom stereocenters. The van der Waals surface area contributed by atoms with Gasteiger partial charge in [-0.15, -0.1) is 24.2 Å². The molecule has 24 heavy (non-hydrogen) atoms. The first-order valence-corrected chi connectivity index (χ1v) is 9.01. The van der Waals surface area contributed by atoms with Gasteiger partial charge in [0.15, 0.2) is 0 Å². The van der Waals surface area contributed by atoms with Crippen molar-refractivity contribution in [1.82, 2.24) is 10.2 Å². The van der Waals surface area contributed by atoms with Crippen molar-refractivity contribution >= 4 is 30.1 Å². The molecular formula is C19H23ClN2OS. The molecule has 1 heterocycles. The number of carbonyl (C=O) groups excluding carboxylic acids is 1. The predicted octanol–water partition coefficient (Wildman–Crippen LogP) is 3.83. The molecule has 1 fully saturated rings. The van der Waals surface area contributed by atoms with Crippen molar-refractivity contribution in [1.29, 1.82) is 0 Å². The van der Waals surface area contributed by atoms with E-state index in [4.69, 9.17) is 0 Å². The van der Waals surface area contributed by atoms with Crippen molar-refractivity contribution in [3.8, 4) is 0 Å². The summed E-state index contributed by atoms with van der Waals surface area (Å²) in [5.41, 5.74) is 2.02. The number of carbonyl (C=O) groups is 1. The highest BCUT2D eigenvalue weighted by Crippen LogP contribution is 2.22. The summed E-state index contributed by atoms with van der Waals surface area (Å²) in [7, 11) is 0. The molecule has 1 N–H and O–H groups in total. The van der Waals surface area contributed by atoms with Gasteiger partial charge in [-0.25, -0.2) is 0 Å². The van der Waals surface area contributed by atoms with Crippen LogP contribution in [0.1, 0.15) is 22.8 Å². The summed E-state index contributed by atoms with van der Waals surface area (Å²) < 4.78 is 0. The lowest BCUT2D eigenvalue weighted by molar-refractivity contribution is 0.0656. The van der Waals surface area contributed by atoms with Gasteiger partial charge in [0, 0.05) is 41.9 Å². The van der Waals surface area contributed by atoms with Gasteiger partial charge in [-0.3, -0.25) is 4.79 Å². The SMILES string of the molecule is C[C@H]1CNCCN1C(=O)c1ccc(CSc2ccccc2)cc1.Cl. The van der Waals surface area contributed by atoms with Crippen LogP contribution in [0.25, 0.3) is 0 Å². The van der Waals surface area contributed by atoms with Crippen LogP contribution < -0.4 is 5.32 Å². The molecule has 0 aromatic heterocycles. The minimum atomic E-state index is 0. The van der Waals surface area contributed by atoms with Crippen molar-refractivity contribution in [2.45, 2.75) is 23.6 Å². The fourth-order valence-electron chi connectivity index (χ4n) is 2.74. The van der Waals surface area contributed by atoms with Gasteiger partial charge in [-0.1, -0.05) is 30.3 Å². The van der Waals surface area contributed by atoms with E-state index in [1.807, 2.05) is 34.9 Å². The number of piperazine rings is 1. The quantitative estimate of drug-likeness (QED) is 0.839. The van der Waals surface area contributed by atoms with E-state index < -0.39 is 0 Å². The number of hydrogen-bond acceptors (Lipinski definition) is 3. The molecule has 1 amide bonds. The Labute approximate surface area is 154 Å². The Morgan fingerprint density at radius 2 is 1.88 bits per heavy atom. The third kappa shape index (κ3) is 4.76. The summed E-state index contributed by atoms with van der Waals surface area (Å²) in [6.45, 7) is 4.62. The highest BCUT2D eigenvalue weighted by atomic mass is 35.5. The van der Waals surface area contributed by atoms with E-state index in [2.05, 4.69) is 48.6 Å². The standard InChI is InChI=1S/C19H22N2OS.ClH/c1-15-13-20-11-12-21(15)19(22)17-9-7-16(8-10-17)14-23-18-5-3-2-4-6-18;/h2-10,15,20H,11-14H2,1H3;1H/t15-;/m0./s1. The van der Waals surface area contributed by atoms with E-state index in [1.54, 1.807) is 0 Å². The smallest absolute Gasteiger partial charge is 0.254 e. The number of halogens is 1. The van der Waals surface area contributed by atoms with Crippen LogP contribution in [0.2, 0.25) is 0 Å². The van der Waals surface area contributed by atoms with Gasteiger partial charge in [0.1, 0.15) is 0 Å². The Balaban J connectivity index is 0.00000208. The maximum Gasteiger partial charge on any atom is 0.254 e. The average Bonchev–Trinajstić information content (AvgIpc) is 2.61. The molecule has 0 bridgehead atoms. The molecule has 128 valence electrons. The molecule has 1 atom stereocenters. The van der Waals surface area contributed by atoms with Crippen LogP contribution in [0.5, 0.6) is 0 Å². The Hall–Kier alpha value is -1.49. The number of thioether (sulfide) groups is 1. The second kappa shape index (κ2) is 9.11. The molecule has 3 nitrogen and oxygen atoms in total. The van der Waals surface area contributed by atoms with Gasteiger partial charge < -0.3 is 10.2 Å². The second-order valence-electron chi connectivity index (χ2n) is 5.85. The molecule has 0 saturated carbocycles. The van der Waals surface area contributed by atoms with Crippen LogP contribution in [0.15, 0.2) is 59.5 Å². The van der Waals surface area contributed by atoms with Crippen LogP contribution in [0, 0.1) is 0 Å². The molecule has 0 aliphatic carbocycles. The average molecular weight is 363 g/mol.